The molecule has 0 saturated carbocycles. The van der Waals surface area contributed by atoms with Gasteiger partial charge in [0.25, 0.3) is 0 Å². The first kappa shape index (κ1) is 15.3. The third-order valence-corrected chi connectivity index (χ3v) is 3.56. The molecule has 112 valence electrons. The van der Waals surface area contributed by atoms with Crippen LogP contribution in [0.3, 0.4) is 0 Å². The topological polar surface area (TPSA) is 58.9 Å². The zero-order valence-corrected chi connectivity index (χ0v) is 12.0. The Labute approximate surface area is 120 Å². The molecule has 0 heterocycles. The summed E-state index contributed by atoms with van der Waals surface area (Å²) in [5.41, 5.74) is 2.14. The Morgan fingerprint density at radius 2 is 2.20 bits per heavy atom. The molecule has 1 aromatic rings. The minimum absolute atomic E-state index is 0.230. The summed E-state index contributed by atoms with van der Waals surface area (Å²) in [6, 6.07) is 5.71. The van der Waals surface area contributed by atoms with Crippen LogP contribution in [0.2, 0.25) is 0 Å². The van der Waals surface area contributed by atoms with Crippen LogP contribution in [-0.2, 0) is 11.2 Å². The van der Waals surface area contributed by atoms with Crippen molar-refractivity contribution in [1.29, 1.82) is 0 Å². The lowest BCUT2D eigenvalue weighted by molar-refractivity contribution is 0.0113. The maximum Gasteiger partial charge on any atom is 0.119 e. The third kappa shape index (κ3) is 4.20. The molecule has 0 aromatic heterocycles. The summed E-state index contributed by atoms with van der Waals surface area (Å²) in [5, 5.41) is 19.5. The Morgan fingerprint density at radius 1 is 1.35 bits per heavy atom. The first-order valence-electron chi connectivity index (χ1n) is 7.40. The van der Waals surface area contributed by atoms with Crippen molar-refractivity contribution >= 4 is 0 Å². The normalized spacial score (nSPS) is 18.9. The molecule has 2 rings (SSSR count). The number of unbranched alkanes of at least 4 members (excludes halogenated alkanes) is 1. The van der Waals surface area contributed by atoms with Crippen molar-refractivity contribution in [2.45, 2.75) is 44.8 Å². The molecule has 0 amide bonds. The Morgan fingerprint density at radius 3 is 3.00 bits per heavy atom. The molecule has 20 heavy (non-hydrogen) atoms. The molecule has 2 atom stereocenters. The molecule has 1 unspecified atom stereocenters. The van der Waals surface area contributed by atoms with Crippen molar-refractivity contribution in [2.75, 3.05) is 19.8 Å². The maximum atomic E-state index is 9.76. The molecule has 0 saturated heterocycles. The molecule has 4 nitrogen and oxygen atoms in total. The highest BCUT2D eigenvalue weighted by molar-refractivity contribution is 5.39. The summed E-state index contributed by atoms with van der Waals surface area (Å²) in [4.78, 5) is 0. The SMILES string of the molecule is CCCCOCC(O)COc1ccc2c(c1)CC[C@H]2O. The zero-order chi connectivity index (χ0) is 14.4. The Hall–Kier alpha value is -1.10. The fourth-order valence-electron chi connectivity index (χ4n) is 2.37. The summed E-state index contributed by atoms with van der Waals surface area (Å²) >= 11 is 0. The quantitative estimate of drug-likeness (QED) is 0.717. The molecule has 1 aromatic carbocycles. The minimum atomic E-state index is -0.606. The molecule has 2 N–H and O–H groups in total. The van der Waals surface area contributed by atoms with E-state index in [4.69, 9.17) is 9.47 Å². The van der Waals surface area contributed by atoms with Crippen LogP contribution in [0.4, 0.5) is 0 Å². The first-order chi connectivity index (χ1) is 9.70. The Bertz CT molecular complexity index is 419. The Balaban J connectivity index is 1.74. The number of benzene rings is 1. The van der Waals surface area contributed by atoms with E-state index in [1.54, 1.807) is 0 Å². The van der Waals surface area contributed by atoms with Gasteiger partial charge in [-0.25, -0.2) is 0 Å². The van der Waals surface area contributed by atoms with Gasteiger partial charge in [-0.2, -0.15) is 0 Å². The summed E-state index contributed by atoms with van der Waals surface area (Å²) in [5.74, 6) is 0.741. The largest absolute Gasteiger partial charge is 0.491 e. The van der Waals surface area contributed by atoms with Crippen LogP contribution in [0.25, 0.3) is 0 Å². The molecule has 0 radical (unpaired) electrons. The van der Waals surface area contributed by atoms with E-state index in [9.17, 15) is 10.2 Å². The minimum Gasteiger partial charge on any atom is -0.491 e. The van der Waals surface area contributed by atoms with Crippen molar-refractivity contribution in [2.24, 2.45) is 0 Å². The maximum absolute atomic E-state index is 9.76. The summed E-state index contributed by atoms with van der Waals surface area (Å²) in [6.45, 7) is 3.33. The monoisotopic (exact) mass is 280 g/mol. The number of aliphatic hydroxyl groups excluding tert-OH is 2. The van der Waals surface area contributed by atoms with Crippen LogP contribution in [0.1, 0.15) is 43.4 Å². The lowest BCUT2D eigenvalue weighted by atomic mass is 10.1. The van der Waals surface area contributed by atoms with Crippen LogP contribution >= 0.6 is 0 Å². The van der Waals surface area contributed by atoms with E-state index in [0.29, 0.717) is 13.2 Å². The molecule has 0 bridgehead atoms. The molecule has 0 aliphatic heterocycles. The number of rotatable bonds is 8. The highest BCUT2D eigenvalue weighted by Crippen LogP contribution is 2.33. The van der Waals surface area contributed by atoms with E-state index >= 15 is 0 Å². The van der Waals surface area contributed by atoms with E-state index in [1.807, 2.05) is 18.2 Å². The second-order valence-electron chi connectivity index (χ2n) is 5.31. The number of hydrogen-bond acceptors (Lipinski definition) is 4. The number of aliphatic hydroxyl groups is 2. The van der Waals surface area contributed by atoms with Crippen molar-refractivity contribution in [3.05, 3.63) is 29.3 Å². The van der Waals surface area contributed by atoms with E-state index < -0.39 is 6.10 Å². The van der Waals surface area contributed by atoms with Gasteiger partial charge in [0, 0.05) is 6.61 Å². The van der Waals surface area contributed by atoms with Gasteiger partial charge in [-0.15, -0.1) is 0 Å². The average Bonchev–Trinajstić information content (AvgIpc) is 2.82. The van der Waals surface area contributed by atoms with E-state index in [2.05, 4.69) is 6.92 Å². The van der Waals surface area contributed by atoms with Crippen molar-refractivity contribution < 1.29 is 19.7 Å². The van der Waals surface area contributed by atoms with Gasteiger partial charge in [-0.05, 0) is 42.5 Å². The summed E-state index contributed by atoms with van der Waals surface area (Å²) < 4.78 is 10.9. The van der Waals surface area contributed by atoms with Gasteiger partial charge in [-0.1, -0.05) is 19.4 Å². The number of aryl methyl sites for hydroxylation is 1. The predicted molar refractivity (Wildman–Crippen MR) is 77.0 cm³/mol. The average molecular weight is 280 g/mol. The summed E-state index contributed by atoms with van der Waals surface area (Å²) in [7, 11) is 0. The fourth-order valence-corrected chi connectivity index (χ4v) is 2.37. The highest BCUT2D eigenvalue weighted by atomic mass is 16.5. The van der Waals surface area contributed by atoms with E-state index in [1.165, 1.54) is 0 Å². The second-order valence-corrected chi connectivity index (χ2v) is 5.31. The lowest BCUT2D eigenvalue weighted by Crippen LogP contribution is -2.23. The van der Waals surface area contributed by atoms with Crippen LogP contribution in [-0.4, -0.2) is 36.1 Å². The predicted octanol–water partition coefficient (Wildman–Crippen LogP) is 2.22. The zero-order valence-electron chi connectivity index (χ0n) is 12.0. The van der Waals surface area contributed by atoms with Crippen LogP contribution in [0.5, 0.6) is 5.75 Å². The lowest BCUT2D eigenvalue weighted by Gasteiger charge is -2.13. The van der Waals surface area contributed by atoms with Gasteiger partial charge in [0.05, 0.1) is 12.7 Å². The number of fused-ring (bicyclic) bond motifs is 1. The Kier molecular flexibility index (Phi) is 5.83. The summed E-state index contributed by atoms with van der Waals surface area (Å²) in [6.07, 6.45) is 2.83. The molecule has 4 heteroatoms. The van der Waals surface area contributed by atoms with E-state index in [0.717, 1.165) is 42.6 Å². The highest BCUT2D eigenvalue weighted by Gasteiger charge is 2.20. The van der Waals surface area contributed by atoms with E-state index in [-0.39, 0.29) is 12.7 Å². The van der Waals surface area contributed by atoms with Gasteiger partial charge in [0.15, 0.2) is 0 Å². The van der Waals surface area contributed by atoms with Crippen molar-refractivity contribution in [3.63, 3.8) is 0 Å². The molecule has 0 fully saturated rings. The molecule has 1 aliphatic carbocycles. The number of ether oxygens (including phenoxy) is 2. The number of hydrogen-bond donors (Lipinski definition) is 2. The first-order valence-corrected chi connectivity index (χ1v) is 7.40. The van der Waals surface area contributed by atoms with Gasteiger partial charge < -0.3 is 19.7 Å². The van der Waals surface area contributed by atoms with Crippen molar-refractivity contribution in [3.8, 4) is 5.75 Å². The third-order valence-electron chi connectivity index (χ3n) is 3.56. The molecular formula is C16H24O4. The molecule has 0 spiro atoms. The molecular weight excluding hydrogens is 256 g/mol. The van der Waals surface area contributed by atoms with Gasteiger partial charge in [-0.3, -0.25) is 0 Å². The van der Waals surface area contributed by atoms with Gasteiger partial charge in [0.1, 0.15) is 18.5 Å². The van der Waals surface area contributed by atoms with Crippen LogP contribution < -0.4 is 4.74 Å². The standard InChI is InChI=1S/C16H24O4/c1-2-3-8-19-10-13(17)11-20-14-5-6-15-12(9-14)4-7-16(15)18/h5-6,9,13,16-18H,2-4,7-8,10-11H2,1H3/t13?,16-/m1/s1. The van der Waals surface area contributed by atoms with Gasteiger partial charge in [0.2, 0.25) is 0 Å². The smallest absolute Gasteiger partial charge is 0.119 e. The van der Waals surface area contributed by atoms with Crippen LogP contribution in [0, 0.1) is 0 Å². The van der Waals surface area contributed by atoms with Crippen molar-refractivity contribution in [1.82, 2.24) is 0 Å². The van der Waals surface area contributed by atoms with Gasteiger partial charge >= 0.3 is 0 Å². The fraction of sp³-hybridized carbons (Fsp3) is 0.625. The second kappa shape index (κ2) is 7.62. The van der Waals surface area contributed by atoms with Crippen LogP contribution in [0.15, 0.2) is 18.2 Å². The molecule has 1 aliphatic rings.